The third kappa shape index (κ3) is 3.60. The normalized spacial score (nSPS) is 12.4. The lowest BCUT2D eigenvalue weighted by Gasteiger charge is -2.12. The smallest absolute Gasteiger partial charge is 0.258 e. The van der Waals surface area contributed by atoms with Crippen LogP contribution < -0.4 is 0 Å². The Morgan fingerprint density at radius 1 is 1.44 bits per heavy atom. The van der Waals surface area contributed by atoms with Gasteiger partial charge in [0.05, 0.1) is 11.0 Å². The summed E-state index contributed by atoms with van der Waals surface area (Å²) in [7, 11) is -4.65. The molecule has 0 spiro atoms. The molecule has 0 aliphatic rings. The molecule has 1 atom stereocenters. The summed E-state index contributed by atoms with van der Waals surface area (Å²) in [6, 6.07) is 4.53. The Morgan fingerprint density at radius 3 is 2.60 bits per heavy atom. The van der Waals surface area contributed by atoms with Crippen molar-refractivity contribution < 1.29 is 17.7 Å². The highest BCUT2D eigenvalue weighted by Crippen LogP contribution is 2.37. The van der Waals surface area contributed by atoms with E-state index >= 15 is 0 Å². The van der Waals surface area contributed by atoms with Crippen LogP contribution in [0.4, 0.5) is 10.1 Å². The molecule has 0 amide bonds. The summed E-state index contributed by atoms with van der Waals surface area (Å²) in [4.78, 5) is 16.7. The van der Waals surface area contributed by atoms with Gasteiger partial charge in [0.2, 0.25) is 20.2 Å². The highest BCUT2D eigenvalue weighted by Gasteiger charge is 2.39. The van der Waals surface area contributed by atoms with Gasteiger partial charge in [-0.15, -0.1) is 0 Å². The van der Waals surface area contributed by atoms with Crippen LogP contribution in [0.3, 0.4) is 0 Å². The summed E-state index contributed by atoms with van der Waals surface area (Å²) < 4.78 is 39.7. The van der Waals surface area contributed by atoms with Crippen molar-refractivity contribution in [2.45, 2.75) is 17.1 Å². The van der Waals surface area contributed by atoms with Crippen LogP contribution in [0, 0.1) is 34.2 Å². The molecule has 2 aromatic rings. The Hall–Kier alpha value is -2.16. The third-order valence-electron chi connectivity index (χ3n) is 3.04. The van der Waals surface area contributed by atoms with Gasteiger partial charge >= 0.3 is 5.69 Å². The van der Waals surface area contributed by atoms with E-state index in [0.717, 1.165) is 12.1 Å². The summed E-state index contributed by atoms with van der Waals surface area (Å²) in [5.41, 5.74) is -1.63. The summed E-state index contributed by atoms with van der Waals surface area (Å²) in [5.74, 6) is -1.19. The van der Waals surface area contributed by atoms with E-state index in [2.05, 4.69) is 25.9 Å². The Morgan fingerprint density at radius 2 is 2.08 bits per heavy atom. The molecule has 0 aliphatic heterocycles. The average Bonchev–Trinajstić information content (AvgIpc) is 2.45. The topological polar surface area (TPSA) is 127 Å². The summed E-state index contributed by atoms with van der Waals surface area (Å²) in [6.07, 6.45) is 0. The molecule has 0 aliphatic carbocycles. The van der Waals surface area contributed by atoms with Gasteiger partial charge in [0.1, 0.15) is 16.5 Å². The van der Waals surface area contributed by atoms with Crippen molar-refractivity contribution >= 4 is 43.1 Å². The quantitative estimate of drug-likeness (QED) is 0.398. The Bertz CT molecular complexity index is 1030. The van der Waals surface area contributed by atoms with E-state index in [9.17, 15) is 28.2 Å². The summed E-state index contributed by atoms with van der Waals surface area (Å²) >= 11 is 8.69. The second-order valence-corrected chi connectivity index (χ2v) is 7.96. The zero-order valence-corrected chi connectivity index (χ0v) is 15.4. The number of aromatic nitrogens is 2. The lowest BCUT2D eigenvalue weighted by molar-refractivity contribution is -0.386. The van der Waals surface area contributed by atoms with Gasteiger partial charge in [-0.1, -0.05) is 27.5 Å². The molecular weight excluding hydrogens is 443 g/mol. The van der Waals surface area contributed by atoms with E-state index in [0.29, 0.717) is 0 Å². The number of hydrogen-bond donors (Lipinski definition) is 0. The molecule has 12 heteroatoms. The first-order chi connectivity index (χ1) is 11.6. The van der Waals surface area contributed by atoms with Gasteiger partial charge in [-0.05, 0) is 25.1 Å². The van der Waals surface area contributed by atoms with Gasteiger partial charge in [0, 0.05) is 4.47 Å². The monoisotopic (exact) mass is 448 g/mol. The number of nitrogens with zero attached hydrogens (tertiary/aromatic N) is 4. The molecule has 25 heavy (non-hydrogen) atoms. The minimum Gasteiger partial charge on any atom is -0.258 e. The lowest BCUT2D eigenvalue weighted by atomic mass is 10.2. The van der Waals surface area contributed by atoms with Crippen LogP contribution in [0.15, 0.2) is 27.6 Å². The maximum atomic E-state index is 14.1. The minimum absolute atomic E-state index is 0.0719. The van der Waals surface area contributed by atoms with Gasteiger partial charge in [0.15, 0.2) is 5.69 Å². The molecule has 8 nitrogen and oxygen atoms in total. The van der Waals surface area contributed by atoms with Crippen molar-refractivity contribution in [1.82, 2.24) is 9.97 Å². The molecule has 1 aromatic heterocycles. The van der Waals surface area contributed by atoms with Gasteiger partial charge < -0.3 is 0 Å². The fraction of sp³-hybridized carbons (Fsp3) is 0.154. The number of nitro groups is 1. The first kappa shape index (κ1) is 19.2. The third-order valence-corrected chi connectivity index (χ3v) is 5.69. The highest BCUT2D eigenvalue weighted by atomic mass is 79.9. The maximum absolute atomic E-state index is 14.1. The molecule has 0 bridgehead atoms. The fourth-order valence-corrected chi connectivity index (χ4v) is 4.08. The number of hydrogen-bond acceptors (Lipinski definition) is 7. The predicted molar refractivity (Wildman–Crippen MR) is 88.1 cm³/mol. The SMILES string of the molecule is Cc1nc(Cl)c([N+](=O)[O-])c(C(C#N)S(=O)(=O)c2ccc(Br)cc2F)n1. The van der Waals surface area contributed by atoms with E-state index in [4.69, 9.17) is 11.6 Å². The summed E-state index contributed by atoms with van der Waals surface area (Å²) in [6.45, 7) is 1.32. The van der Waals surface area contributed by atoms with Crippen LogP contribution in [0.1, 0.15) is 16.8 Å². The van der Waals surface area contributed by atoms with E-state index in [1.165, 1.54) is 19.1 Å². The van der Waals surface area contributed by atoms with Gasteiger partial charge in [-0.25, -0.2) is 22.8 Å². The molecule has 1 unspecified atom stereocenters. The van der Waals surface area contributed by atoms with E-state index in [1.807, 2.05) is 0 Å². The van der Waals surface area contributed by atoms with Gasteiger partial charge in [-0.2, -0.15) is 5.26 Å². The van der Waals surface area contributed by atoms with Crippen LogP contribution in [0.25, 0.3) is 0 Å². The Balaban J connectivity index is 2.77. The Kier molecular flexibility index (Phi) is 5.36. The van der Waals surface area contributed by atoms with Crippen LogP contribution in [-0.4, -0.2) is 23.3 Å². The summed E-state index contributed by atoms with van der Waals surface area (Å²) in [5, 5.41) is 17.8. The zero-order chi connectivity index (χ0) is 18.9. The van der Waals surface area contributed by atoms with Gasteiger partial charge in [-0.3, -0.25) is 10.1 Å². The van der Waals surface area contributed by atoms with Crippen molar-refractivity contribution in [2.75, 3.05) is 0 Å². The molecule has 1 heterocycles. The maximum Gasteiger partial charge on any atom is 0.330 e. The first-order valence-electron chi connectivity index (χ1n) is 6.36. The molecule has 1 aromatic carbocycles. The van der Waals surface area contributed by atoms with Crippen LogP contribution in [-0.2, 0) is 9.84 Å². The minimum atomic E-state index is -4.65. The van der Waals surface area contributed by atoms with Crippen molar-refractivity contribution in [3.63, 3.8) is 0 Å². The largest absolute Gasteiger partial charge is 0.330 e. The molecule has 0 N–H and O–H groups in total. The number of benzene rings is 1. The number of nitriles is 1. The van der Waals surface area contributed by atoms with Crippen molar-refractivity contribution in [2.24, 2.45) is 0 Å². The number of sulfone groups is 1. The van der Waals surface area contributed by atoms with Crippen LogP contribution in [0.2, 0.25) is 5.15 Å². The van der Waals surface area contributed by atoms with Crippen molar-refractivity contribution in [3.8, 4) is 6.07 Å². The van der Waals surface area contributed by atoms with E-state index in [1.54, 1.807) is 0 Å². The van der Waals surface area contributed by atoms with Crippen molar-refractivity contribution in [3.05, 3.63) is 55.3 Å². The second kappa shape index (κ2) is 6.99. The second-order valence-electron chi connectivity index (χ2n) is 4.68. The molecule has 0 fully saturated rings. The Labute approximate surface area is 154 Å². The zero-order valence-electron chi connectivity index (χ0n) is 12.3. The molecule has 0 radical (unpaired) electrons. The number of rotatable bonds is 4. The van der Waals surface area contributed by atoms with E-state index < -0.39 is 47.3 Å². The van der Waals surface area contributed by atoms with E-state index in [-0.39, 0.29) is 10.3 Å². The van der Waals surface area contributed by atoms with Crippen LogP contribution >= 0.6 is 27.5 Å². The van der Waals surface area contributed by atoms with Gasteiger partial charge in [0.25, 0.3) is 0 Å². The van der Waals surface area contributed by atoms with Crippen LogP contribution in [0.5, 0.6) is 0 Å². The van der Waals surface area contributed by atoms with Crippen molar-refractivity contribution in [1.29, 1.82) is 5.26 Å². The standard InChI is InChI=1S/C13H7BrClFN4O4S/c1-6-18-11(12(20(21)22)13(15)19-6)10(5-17)25(23,24)9-3-2-7(14)4-8(9)16/h2-4,10H,1H3. The molecule has 0 saturated heterocycles. The average molecular weight is 450 g/mol. The molecule has 0 saturated carbocycles. The lowest BCUT2D eigenvalue weighted by Crippen LogP contribution is -2.18. The fourth-order valence-electron chi connectivity index (χ4n) is 2.02. The molecular formula is C13H7BrClFN4O4S. The molecule has 130 valence electrons. The first-order valence-corrected chi connectivity index (χ1v) is 9.08. The number of halogens is 3. The number of aryl methyl sites for hydroxylation is 1. The molecule has 2 rings (SSSR count). The predicted octanol–water partition coefficient (Wildman–Crippen LogP) is 3.29. The highest BCUT2D eigenvalue weighted by molar-refractivity contribution is 9.10.